The SMILES string of the molecule is O=[SH](=O)c1c[c]c(F)cc1. The highest BCUT2D eigenvalue weighted by molar-refractivity contribution is 7.72. The molecule has 2 nitrogen and oxygen atoms in total. The molecule has 0 spiro atoms. The van der Waals surface area contributed by atoms with Gasteiger partial charge in [-0.15, -0.1) is 0 Å². The van der Waals surface area contributed by atoms with E-state index in [-0.39, 0.29) is 4.90 Å². The Morgan fingerprint density at radius 2 is 2.10 bits per heavy atom. The predicted molar refractivity (Wildman–Crippen MR) is 33.8 cm³/mol. The van der Waals surface area contributed by atoms with Gasteiger partial charge in [-0.05, 0) is 18.2 Å². The lowest BCUT2D eigenvalue weighted by Gasteiger charge is -1.86. The highest BCUT2D eigenvalue weighted by atomic mass is 32.2. The van der Waals surface area contributed by atoms with E-state index in [4.69, 9.17) is 0 Å². The van der Waals surface area contributed by atoms with Gasteiger partial charge in [0.1, 0.15) is 5.82 Å². The van der Waals surface area contributed by atoms with Crippen LogP contribution < -0.4 is 0 Å². The Morgan fingerprint density at radius 1 is 1.40 bits per heavy atom. The zero-order valence-electron chi connectivity index (χ0n) is 4.87. The molecule has 1 aromatic carbocycles. The number of rotatable bonds is 1. The molecule has 0 aliphatic heterocycles. The predicted octanol–water partition coefficient (Wildman–Crippen LogP) is 0.596. The van der Waals surface area contributed by atoms with Crippen LogP contribution in [0.4, 0.5) is 4.39 Å². The third-order valence-corrected chi connectivity index (χ3v) is 1.67. The molecular formula is C6H4FO2S. The van der Waals surface area contributed by atoms with Crippen molar-refractivity contribution < 1.29 is 12.8 Å². The van der Waals surface area contributed by atoms with E-state index in [2.05, 4.69) is 6.07 Å². The molecule has 10 heavy (non-hydrogen) atoms. The van der Waals surface area contributed by atoms with Crippen molar-refractivity contribution in [1.29, 1.82) is 0 Å². The maximum Gasteiger partial charge on any atom is 0.168 e. The van der Waals surface area contributed by atoms with Gasteiger partial charge in [0.15, 0.2) is 10.7 Å². The first-order valence-electron chi connectivity index (χ1n) is 2.52. The Morgan fingerprint density at radius 3 is 2.50 bits per heavy atom. The Labute approximate surface area is 59.3 Å². The summed E-state index contributed by atoms with van der Waals surface area (Å²) in [5.74, 6) is -0.555. The first-order chi connectivity index (χ1) is 4.70. The van der Waals surface area contributed by atoms with Crippen molar-refractivity contribution in [3.63, 3.8) is 0 Å². The summed E-state index contributed by atoms with van der Waals surface area (Å²) < 4.78 is 32.5. The number of hydrogen-bond acceptors (Lipinski definition) is 2. The third-order valence-electron chi connectivity index (χ3n) is 0.969. The molecule has 0 aromatic heterocycles. The molecule has 0 aliphatic carbocycles. The fraction of sp³-hybridized carbons (Fsp3) is 0. The summed E-state index contributed by atoms with van der Waals surface area (Å²) in [5.41, 5.74) is 0. The fourth-order valence-electron chi connectivity index (χ4n) is 0.511. The molecule has 1 radical (unpaired) electrons. The molecule has 0 saturated carbocycles. The molecule has 1 rings (SSSR count). The minimum Gasteiger partial charge on any atom is -0.227 e. The number of halogens is 1. The van der Waals surface area contributed by atoms with E-state index >= 15 is 0 Å². The summed E-state index contributed by atoms with van der Waals surface area (Å²) in [6.45, 7) is 0. The van der Waals surface area contributed by atoms with E-state index in [0.29, 0.717) is 0 Å². The Balaban J connectivity index is 3.12. The average Bonchev–Trinajstić information content (AvgIpc) is 1.88. The zero-order valence-corrected chi connectivity index (χ0v) is 5.77. The van der Waals surface area contributed by atoms with Gasteiger partial charge >= 0.3 is 0 Å². The van der Waals surface area contributed by atoms with Crippen molar-refractivity contribution in [2.45, 2.75) is 4.90 Å². The molecule has 0 aliphatic rings. The molecular weight excluding hydrogens is 155 g/mol. The second-order valence-corrected chi connectivity index (χ2v) is 2.68. The largest absolute Gasteiger partial charge is 0.227 e. The minimum atomic E-state index is -2.61. The average molecular weight is 159 g/mol. The second-order valence-electron chi connectivity index (χ2n) is 1.65. The van der Waals surface area contributed by atoms with Crippen molar-refractivity contribution in [2.24, 2.45) is 0 Å². The Bertz CT molecular complexity index is 281. The van der Waals surface area contributed by atoms with E-state index in [1.165, 1.54) is 6.07 Å². The van der Waals surface area contributed by atoms with Gasteiger partial charge in [0, 0.05) is 6.07 Å². The molecule has 0 N–H and O–H groups in total. The summed E-state index contributed by atoms with van der Waals surface area (Å²) in [7, 11) is -2.61. The summed E-state index contributed by atoms with van der Waals surface area (Å²) in [4.78, 5) is 0.0800. The topological polar surface area (TPSA) is 34.1 Å². The molecule has 1 aromatic rings. The lowest BCUT2D eigenvalue weighted by Crippen LogP contribution is -1.79. The Hall–Kier alpha value is -0.900. The van der Waals surface area contributed by atoms with Gasteiger partial charge in [0.25, 0.3) is 0 Å². The number of hydrogen-bond donors (Lipinski definition) is 1. The summed E-state index contributed by atoms with van der Waals surface area (Å²) in [6, 6.07) is 5.48. The van der Waals surface area contributed by atoms with Crippen LogP contribution in [0, 0.1) is 11.9 Å². The molecule has 0 heterocycles. The quantitative estimate of drug-likeness (QED) is 0.609. The highest BCUT2D eigenvalue weighted by Gasteiger charge is 1.93. The van der Waals surface area contributed by atoms with Crippen LogP contribution >= 0.6 is 0 Å². The van der Waals surface area contributed by atoms with Gasteiger partial charge in [0.05, 0.1) is 4.90 Å². The minimum absolute atomic E-state index is 0.0800. The van der Waals surface area contributed by atoms with Gasteiger partial charge in [-0.3, -0.25) is 0 Å². The van der Waals surface area contributed by atoms with Crippen LogP contribution in [0.5, 0.6) is 0 Å². The van der Waals surface area contributed by atoms with Crippen molar-refractivity contribution in [2.75, 3.05) is 0 Å². The molecule has 53 valence electrons. The molecule has 0 atom stereocenters. The number of benzene rings is 1. The van der Waals surface area contributed by atoms with Crippen LogP contribution in [-0.4, -0.2) is 8.42 Å². The van der Waals surface area contributed by atoms with Gasteiger partial charge in [0.2, 0.25) is 0 Å². The first-order valence-corrected chi connectivity index (χ1v) is 3.69. The Kier molecular flexibility index (Phi) is 2.01. The molecule has 4 heteroatoms. The van der Waals surface area contributed by atoms with Crippen molar-refractivity contribution >= 4 is 10.7 Å². The van der Waals surface area contributed by atoms with E-state index in [9.17, 15) is 12.8 Å². The van der Waals surface area contributed by atoms with E-state index in [0.717, 1.165) is 12.1 Å². The monoisotopic (exact) mass is 159 g/mol. The van der Waals surface area contributed by atoms with Crippen LogP contribution in [0.25, 0.3) is 0 Å². The summed E-state index contributed by atoms with van der Waals surface area (Å²) in [5, 5.41) is 0. The van der Waals surface area contributed by atoms with Gasteiger partial charge in [-0.2, -0.15) is 0 Å². The van der Waals surface area contributed by atoms with Crippen LogP contribution in [0.1, 0.15) is 0 Å². The highest BCUT2D eigenvalue weighted by Crippen LogP contribution is 2.01. The molecule has 0 saturated heterocycles. The first kappa shape index (κ1) is 7.21. The van der Waals surface area contributed by atoms with Crippen LogP contribution in [-0.2, 0) is 10.7 Å². The summed E-state index contributed by atoms with van der Waals surface area (Å²) >= 11 is 0. The van der Waals surface area contributed by atoms with Crippen LogP contribution in [0.15, 0.2) is 23.1 Å². The molecule has 0 bridgehead atoms. The maximum atomic E-state index is 12.1. The smallest absolute Gasteiger partial charge is 0.168 e. The maximum absolute atomic E-state index is 12.1. The van der Waals surface area contributed by atoms with Crippen molar-refractivity contribution in [3.05, 3.63) is 30.1 Å². The molecule has 0 amide bonds. The molecule has 0 fully saturated rings. The lowest BCUT2D eigenvalue weighted by molar-refractivity contribution is 0.611. The van der Waals surface area contributed by atoms with Crippen molar-refractivity contribution in [3.8, 4) is 0 Å². The molecule has 0 unspecified atom stereocenters. The summed E-state index contributed by atoms with van der Waals surface area (Å²) in [6.07, 6.45) is 0. The van der Waals surface area contributed by atoms with E-state index < -0.39 is 16.5 Å². The van der Waals surface area contributed by atoms with Gasteiger partial charge in [-0.1, -0.05) is 0 Å². The third kappa shape index (κ3) is 1.54. The normalized spacial score (nSPS) is 10.2. The van der Waals surface area contributed by atoms with Gasteiger partial charge in [-0.25, -0.2) is 12.8 Å². The number of thiol groups is 1. The second kappa shape index (κ2) is 2.79. The van der Waals surface area contributed by atoms with Crippen LogP contribution in [0.3, 0.4) is 0 Å². The van der Waals surface area contributed by atoms with Crippen LogP contribution in [0.2, 0.25) is 0 Å². The standard InChI is InChI=1S/C6H4FO2S/c7-5-1-3-6(4-2-5)10(8)9/h1,3-4,10H. The van der Waals surface area contributed by atoms with Crippen molar-refractivity contribution in [1.82, 2.24) is 0 Å². The fourth-order valence-corrected chi connectivity index (χ4v) is 0.877. The zero-order chi connectivity index (χ0) is 7.56. The van der Waals surface area contributed by atoms with E-state index in [1.54, 1.807) is 0 Å². The van der Waals surface area contributed by atoms with E-state index in [1.807, 2.05) is 0 Å². The lowest BCUT2D eigenvalue weighted by atomic mass is 10.4. The van der Waals surface area contributed by atoms with Gasteiger partial charge < -0.3 is 0 Å².